The molecule has 56 heavy (non-hydrogen) atoms. The third kappa shape index (κ3) is 7.47. The maximum atomic E-state index is 14.8. The molecule has 3 aliphatic carbocycles. The first-order chi connectivity index (χ1) is 26.7. The number of allylic oxidation sites excluding steroid dienone is 1. The number of carbonyl (C=O) groups excluding carboxylic acids is 4. The van der Waals surface area contributed by atoms with Gasteiger partial charge in [0.1, 0.15) is 29.0 Å². The molecule has 6 aliphatic rings. The van der Waals surface area contributed by atoms with E-state index in [-0.39, 0.29) is 26.0 Å². The van der Waals surface area contributed by atoms with Gasteiger partial charge in [-0.25, -0.2) is 18.2 Å². The minimum absolute atomic E-state index is 0.0565. The largest absolute Gasteiger partial charge is 0.483 e. The number of hydrogen-bond acceptors (Lipinski definition) is 9. The number of benzene rings is 1. The van der Waals surface area contributed by atoms with Crippen LogP contribution in [0.15, 0.2) is 30.4 Å². The van der Waals surface area contributed by atoms with E-state index < -0.39 is 67.7 Å². The number of amides is 4. The molecule has 2 aromatic rings. The van der Waals surface area contributed by atoms with E-state index in [4.69, 9.17) is 26.1 Å². The number of nitrogens with one attached hydrogen (secondary N) is 3. The van der Waals surface area contributed by atoms with Crippen LogP contribution in [0.4, 0.5) is 4.79 Å². The van der Waals surface area contributed by atoms with Crippen molar-refractivity contribution in [2.24, 2.45) is 11.8 Å². The van der Waals surface area contributed by atoms with Crippen LogP contribution in [0.3, 0.4) is 0 Å². The SMILES string of the molecule is Cc1nc2ccc(Cl)cc2c2c1O[C@]1(CC2)C[C@H]2C(=O)N[C@]3(C(=O)NS(=O)(=O)C4(C)CC4)C[C@H]3/C=C\CCCCC[C@H](NC(=O)OCC3CCCC3)C(=O)N2C1. The van der Waals surface area contributed by atoms with Gasteiger partial charge >= 0.3 is 6.09 Å². The number of fused-ring (bicyclic) bond motifs is 5. The van der Waals surface area contributed by atoms with Crippen molar-refractivity contribution in [3.63, 3.8) is 0 Å². The fourth-order valence-corrected chi connectivity index (χ4v) is 10.7. The van der Waals surface area contributed by atoms with Gasteiger partial charge in [-0.2, -0.15) is 0 Å². The van der Waals surface area contributed by atoms with Crippen LogP contribution in [0.5, 0.6) is 5.75 Å². The van der Waals surface area contributed by atoms with Crippen molar-refractivity contribution in [1.82, 2.24) is 25.2 Å². The monoisotopic (exact) mass is 809 g/mol. The van der Waals surface area contributed by atoms with E-state index in [0.717, 1.165) is 55.0 Å². The normalized spacial score (nSPS) is 30.8. The molecule has 1 aromatic carbocycles. The number of carbonyl (C=O) groups is 4. The first kappa shape index (κ1) is 38.9. The lowest BCUT2D eigenvalue weighted by atomic mass is 9.87. The standard InChI is InChI=1S/C41H52ClN5O8S/c1-25-34-29(30-20-28(42)14-15-31(30)43-25)16-17-40(55-34)22-33-35(48)45-41(37(50)46-56(52,53)39(2)18-19-39)21-27(41)12-6-4-3-5-7-13-32(36(49)47(33)24-40)44-38(51)54-23-26-10-8-9-11-26/h6,12,14-15,20,26-27,32-33H,3-5,7-11,13,16-19,21-24H2,1-2H3,(H,44,51)(H,45,48)(H,46,50)/b12-6-/t27-,32+,33+,40-,41-/m1/s1. The summed E-state index contributed by atoms with van der Waals surface area (Å²) in [4.78, 5) is 62.9. The van der Waals surface area contributed by atoms with Gasteiger partial charge in [-0.1, -0.05) is 49.4 Å². The Kier molecular flexibility index (Phi) is 10.3. The number of pyridine rings is 1. The van der Waals surface area contributed by atoms with Gasteiger partial charge in [0.2, 0.25) is 21.8 Å². The van der Waals surface area contributed by atoms with Gasteiger partial charge in [0, 0.05) is 28.3 Å². The van der Waals surface area contributed by atoms with E-state index in [1.54, 1.807) is 13.0 Å². The van der Waals surface area contributed by atoms with E-state index in [1.165, 1.54) is 4.90 Å². The van der Waals surface area contributed by atoms with Crippen LogP contribution in [-0.4, -0.2) is 83.2 Å². The van der Waals surface area contributed by atoms with Gasteiger partial charge in [-0.05, 0) is 102 Å². The molecule has 3 saturated carbocycles. The summed E-state index contributed by atoms with van der Waals surface area (Å²) in [5.41, 5.74) is -0.0600. The molecule has 0 unspecified atom stereocenters. The zero-order chi connectivity index (χ0) is 39.5. The fraction of sp³-hybridized carbons (Fsp3) is 0.634. The van der Waals surface area contributed by atoms with Gasteiger partial charge in [0.15, 0.2) is 0 Å². The molecule has 4 fully saturated rings. The lowest BCUT2D eigenvalue weighted by Gasteiger charge is -2.36. The van der Waals surface area contributed by atoms with Crippen molar-refractivity contribution < 1.29 is 37.1 Å². The first-order valence-corrected chi connectivity index (χ1v) is 22.1. The molecule has 0 bridgehead atoms. The lowest BCUT2D eigenvalue weighted by molar-refractivity contribution is -0.141. The van der Waals surface area contributed by atoms with Crippen LogP contribution >= 0.6 is 11.6 Å². The molecule has 15 heteroatoms. The Bertz CT molecular complexity index is 2080. The highest BCUT2D eigenvalue weighted by atomic mass is 35.5. The molecule has 302 valence electrons. The summed E-state index contributed by atoms with van der Waals surface area (Å²) in [6.07, 6.45) is 13.0. The quantitative estimate of drug-likeness (QED) is 0.317. The minimum Gasteiger partial charge on any atom is -0.483 e. The van der Waals surface area contributed by atoms with Crippen molar-refractivity contribution in [3.05, 3.63) is 46.6 Å². The summed E-state index contributed by atoms with van der Waals surface area (Å²) in [6.45, 7) is 3.82. The Labute approximate surface area is 333 Å². The van der Waals surface area contributed by atoms with E-state index in [0.29, 0.717) is 67.3 Å². The molecular formula is C41H52ClN5O8S. The molecule has 0 radical (unpaired) electrons. The average molecular weight is 810 g/mol. The number of aryl methyl sites for hydroxylation is 2. The number of alkyl carbamates (subject to hydrolysis) is 1. The van der Waals surface area contributed by atoms with Crippen molar-refractivity contribution in [2.45, 2.75) is 138 Å². The second-order valence-corrected chi connectivity index (χ2v) is 19.9. The molecule has 4 amide bonds. The summed E-state index contributed by atoms with van der Waals surface area (Å²) >= 11 is 6.40. The van der Waals surface area contributed by atoms with Crippen LogP contribution in [0.25, 0.3) is 10.9 Å². The number of halogens is 1. The molecular weight excluding hydrogens is 758 g/mol. The summed E-state index contributed by atoms with van der Waals surface area (Å²) in [6, 6.07) is 3.50. The molecule has 3 N–H and O–H groups in total. The molecule has 13 nitrogen and oxygen atoms in total. The van der Waals surface area contributed by atoms with E-state index in [2.05, 4.69) is 15.4 Å². The summed E-state index contributed by atoms with van der Waals surface area (Å²) in [5, 5.41) is 7.26. The van der Waals surface area contributed by atoms with Gasteiger partial charge in [0.25, 0.3) is 5.91 Å². The topological polar surface area (TPSA) is 173 Å². The second kappa shape index (κ2) is 14.8. The number of nitrogens with zero attached hydrogens (tertiary/aromatic N) is 2. The lowest BCUT2D eigenvalue weighted by Crippen LogP contribution is -2.58. The highest BCUT2D eigenvalue weighted by Crippen LogP contribution is 2.49. The van der Waals surface area contributed by atoms with Crippen molar-refractivity contribution >= 4 is 56.3 Å². The van der Waals surface area contributed by atoms with Crippen LogP contribution in [0.2, 0.25) is 5.02 Å². The van der Waals surface area contributed by atoms with Gasteiger partial charge in [-0.3, -0.25) is 19.1 Å². The summed E-state index contributed by atoms with van der Waals surface area (Å²) < 4.78 is 40.2. The van der Waals surface area contributed by atoms with Gasteiger partial charge in [0.05, 0.1) is 29.1 Å². The Balaban J connectivity index is 1.11. The fourth-order valence-electron chi connectivity index (χ4n) is 9.22. The summed E-state index contributed by atoms with van der Waals surface area (Å²) in [7, 11) is -3.98. The van der Waals surface area contributed by atoms with Crippen molar-refractivity contribution in [3.8, 4) is 5.75 Å². The first-order valence-electron chi connectivity index (χ1n) is 20.3. The van der Waals surface area contributed by atoms with Crippen LogP contribution in [-0.2, 0) is 35.6 Å². The molecule has 1 aromatic heterocycles. The Morgan fingerprint density at radius 1 is 1.07 bits per heavy atom. The Morgan fingerprint density at radius 2 is 1.84 bits per heavy atom. The third-order valence-corrected chi connectivity index (χ3v) is 15.5. The summed E-state index contributed by atoms with van der Waals surface area (Å²) in [5.74, 6) is -1.31. The van der Waals surface area contributed by atoms with Crippen LogP contribution in [0, 0.1) is 18.8 Å². The number of sulfonamides is 1. The highest BCUT2D eigenvalue weighted by Gasteiger charge is 2.64. The zero-order valence-electron chi connectivity index (χ0n) is 32.2. The maximum absolute atomic E-state index is 14.8. The van der Waals surface area contributed by atoms with Crippen LogP contribution in [0.1, 0.15) is 108 Å². The number of hydrogen-bond donors (Lipinski definition) is 3. The highest BCUT2D eigenvalue weighted by molar-refractivity contribution is 7.91. The van der Waals surface area contributed by atoms with E-state index >= 15 is 0 Å². The maximum Gasteiger partial charge on any atom is 0.407 e. The molecule has 3 aliphatic heterocycles. The minimum atomic E-state index is -3.98. The smallest absolute Gasteiger partial charge is 0.407 e. The molecule has 1 saturated heterocycles. The predicted octanol–water partition coefficient (Wildman–Crippen LogP) is 5.54. The Hall–Kier alpha value is -3.91. The van der Waals surface area contributed by atoms with Crippen LogP contribution < -0.4 is 20.1 Å². The molecule has 8 rings (SSSR count). The zero-order valence-corrected chi connectivity index (χ0v) is 33.7. The molecule has 4 heterocycles. The Morgan fingerprint density at radius 3 is 2.61 bits per heavy atom. The van der Waals surface area contributed by atoms with Crippen molar-refractivity contribution in [2.75, 3.05) is 13.2 Å². The number of ether oxygens (including phenoxy) is 2. The van der Waals surface area contributed by atoms with Crippen molar-refractivity contribution in [1.29, 1.82) is 0 Å². The van der Waals surface area contributed by atoms with E-state index in [9.17, 15) is 27.6 Å². The van der Waals surface area contributed by atoms with Gasteiger partial charge < -0.3 is 25.0 Å². The number of aromatic nitrogens is 1. The third-order valence-electron chi connectivity index (χ3n) is 13.2. The average Bonchev–Trinajstić information content (AvgIpc) is 3.95. The predicted molar refractivity (Wildman–Crippen MR) is 209 cm³/mol. The van der Waals surface area contributed by atoms with Gasteiger partial charge in [-0.15, -0.1) is 0 Å². The second-order valence-electron chi connectivity index (χ2n) is 17.3. The molecule has 5 atom stereocenters. The number of rotatable bonds is 6. The molecule has 1 spiro atoms. The van der Waals surface area contributed by atoms with E-state index in [1.807, 2.05) is 31.2 Å².